The lowest BCUT2D eigenvalue weighted by atomic mass is 9.94. The fourth-order valence-corrected chi connectivity index (χ4v) is 3.03. The van der Waals surface area contributed by atoms with Crippen LogP contribution in [0.5, 0.6) is 0 Å². The Bertz CT molecular complexity index is 537. The molecule has 110 valence electrons. The van der Waals surface area contributed by atoms with Crippen molar-refractivity contribution in [3.8, 4) is 0 Å². The highest BCUT2D eigenvalue weighted by atomic mass is 35.5. The highest BCUT2D eigenvalue weighted by Crippen LogP contribution is 2.36. The molecule has 1 aromatic rings. The maximum absolute atomic E-state index is 12.2. The van der Waals surface area contributed by atoms with Crippen molar-refractivity contribution in [2.24, 2.45) is 0 Å². The lowest BCUT2D eigenvalue weighted by Gasteiger charge is -2.36. The second kappa shape index (κ2) is 5.45. The number of nitrogens with zero attached hydrogens (tertiary/aromatic N) is 1. The Morgan fingerprint density at radius 2 is 2.00 bits per heavy atom. The molecule has 5 heteroatoms. The van der Waals surface area contributed by atoms with E-state index in [2.05, 4.69) is 0 Å². The van der Waals surface area contributed by atoms with Gasteiger partial charge < -0.3 is 9.64 Å². The summed E-state index contributed by atoms with van der Waals surface area (Å²) >= 11 is 12.3. The molecule has 0 unspecified atom stereocenters. The van der Waals surface area contributed by atoms with Gasteiger partial charge in [0.1, 0.15) is 5.60 Å². The van der Waals surface area contributed by atoms with Crippen LogP contribution < -0.4 is 0 Å². The fraction of sp³-hybridized carbons (Fsp3) is 0.533. The molecule has 3 nitrogen and oxygen atoms in total. The molecule has 1 amide bonds. The molecule has 1 atom stereocenters. The van der Waals surface area contributed by atoms with Crippen LogP contribution in [0, 0.1) is 0 Å². The van der Waals surface area contributed by atoms with Crippen LogP contribution in [-0.4, -0.2) is 23.1 Å². The first-order chi connectivity index (χ1) is 9.19. The number of hydrogen-bond acceptors (Lipinski definition) is 2. The molecule has 0 fully saturated rings. The van der Waals surface area contributed by atoms with E-state index in [1.165, 1.54) is 0 Å². The molecule has 20 heavy (non-hydrogen) atoms. The summed E-state index contributed by atoms with van der Waals surface area (Å²) in [6, 6.07) is 3.53. The molecular formula is C15H19Cl2NO2. The monoisotopic (exact) mass is 315 g/mol. The Kier molecular flexibility index (Phi) is 4.22. The lowest BCUT2D eigenvalue weighted by molar-refractivity contribution is 0.0160. The van der Waals surface area contributed by atoms with E-state index in [1.54, 1.807) is 11.0 Å². The molecule has 0 saturated carbocycles. The van der Waals surface area contributed by atoms with Crippen molar-refractivity contribution < 1.29 is 9.53 Å². The summed E-state index contributed by atoms with van der Waals surface area (Å²) in [4.78, 5) is 14.0. The summed E-state index contributed by atoms with van der Waals surface area (Å²) in [7, 11) is 0. The minimum atomic E-state index is -0.497. The molecule has 0 radical (unpaired) electrons. The molecule has 0 aromatic heterocycles. The first kappa shape index (κ1) is 15.5. The van der Waals surface area contributed by atoms with E-state index in [9.17, 15) is 4.79 Å². The van der Waals surface area contributed by atoms with Gasteiger partial charge in [-0.25, -0.2) is 4.79 Å². The van der Waals surface area contributed by atoms with Crippen LogP contribution in [0.1, 0.15) is 44.9 Å². The standard InChI is InChI=1S/C15H19Cl2NO2/c1-9-12-7-10(16)8-13(17)11(12)5-6-18(9)14(19)20-15(2,3)4/h7-9H,5-6H2,1-4H3/t9-/m1/s1. The van der Waals surface area contributed by atoms with Crippen LogP contribution >= 0.6 is 23.2 Å². The molecule has 1 aliphatic heterocycles. The average Bonchev–Trinajstić information content (AvgIpc) is 2.28. The summed E-state index contributed by atoms with van der Waals surface area (Å²) in [5.41, 5.74) is 1.58. The predicted octanol–water partition coefficient (Wildman–Crippen LogP) is 4.85. The largest absolute Gasteiger partial charge is 0.444 e. The number of carbonyl (C=O) groups excluding carboxylic acids is 1. The number of fused-ring (bicyclic) bond motifs is 1. The number of rotatable bonds is 0. The predicted molar refractivity (Wildman–Crippen MR) is 81.5 cm³/mol. The maximum atomic E-state index is 12.2. The van der Waals surface area contributed by atoms with Gasteiger partial charge in [0.05, 0.1) is 6.04 Å². The highest BCUT2D eigenvalue weighted by Gasteiger charge is 2.32. The van der Waals surface area contributed by atoms with E-state index < -0.39 is 5.60 Å². The van der Waals surface area contributed by atoms with Gasteiger partial charge >= 0.3 is 6.09 Å². The van der Waals surface area contributed by atoms with Gasteiger partial charge in [-0.3, -0.25) is 0 Å². The Balaban J connectivity index is 2.28. The van der Waals surface area contributed by atoms with Gasteiger partial charge in [-0.15, -0.1) is 0 Å². The van der Waals surface area contributed by atoms with E-state index in [4.69, 9.17) is 27.9 Å². The van der Waals surface area contributed by atoms with Crippen LogP contribution in [0.2, 0.25) is 10.0 Å². The van der Waals surface area contributed by atoms with Gasteiger partial charge in [0.15, 0.2) is 0 Å². The van der Waals surface area contributed by atoms with E-state index >= 15 is 0 Å². The third kappa shape index (κ3) is 3.21. The molecule has 1 heterocycles. The van der Waals surface area contributed by atoms with Crippen LogP contribution in [0.4, 0.5) is 4.79 Å². The van der Waals surface area contributed by atoms with Crippen LogP contribution in [0.25, 0.3) is 0 Å². The van der Waals surface area contributed by atoms with Crippen molar-refractivity contribution in [3.05, 3.63) is 33.3 Å². The van der Waals surface area contributed by atoms with Crippen LogP contribution in [0.15, 0.2) is 12.1 Å². The van der Waals surface area contributed by atoms with Gasteiger partial charge in [0.2, 0.25) is 0 Å². The fourth-order valence-electron chi connectivity index (χ4n) is 2.42. The van der Waals surface area contributed by atoms with E-state index in [1.807, 2.05) is 33.8 Å². The number of benzene rings is 1. The van der Waals surface area contributed by atoms with Crippen molar-refractivity contribution in [3.63, 3.8) is 0 Å². The summed E-state index contributed by atoms with van der Waals surface area (Å²) in [6.07, 6.45) is 0.418. The molecule has 2 rings (SSSR count). The summed E-state index contributed by atoms with van der Waals surface area (Å²) in [6.45, 7) is 8.16. The Hall–Kier alpha value is -0.930. The van der Waals surface area contributed by atoms with Crippen molar-refractivity contribution in [2.75, 3.05) is 6.54 Å². The van der Waals surface area contributed by atoms with Gasteiger partial charge in [-0.2, -0.15) is 0 Å². The number of ether oxygens (including phenoxy) is 1. The summed E-state index contributed by atoms with van der Waals surface area (Å²) in [5.74, 6) is 0. The number of halogens is 2. The van der Waals surface area contributed by atoms with E-state index in [0.29, 0.717) is 16.6 Å². The first-order valence-corrected chi connectivity index (χ1v) is 7.42. The molecule has 0 N–H and O–H groups in total. The Labute approximate surface area is 129 Å². The number of amides is 1. The normalized spacial score (nSPS) is 18.7. The molecule has 0 bridgehead atoms. The molecule has 0 aliphatic carbocycles. The molecule has 1 aromatic carbocycles. The van der Waals surface area contributed by atoms with Gasteiger partial charge in [0, 0.05) is 16.6 Å². The average molecular weight is 316 g/mol. The maximum Gasteiger partial charge on any atom is 0.410 e. The topological polar surface area (TPSA) is 29.5 Å². The van der Waals surface area contributed by atoms with Crippen molar-refractivity contribution in [2.45, 2.75) is 45.8 Å². The first-order valence-electron chi connectivity index (χ1n) is 6.66. The van der Waals surface area contributed by atoms with Gasteiger partial charge in [-0.1, -0.05) is 23.2 Å². The van der Waals surface area contributed by atoms with Crippen molar-refractivity contribution in [1.82, 2.24) is 4.90 Å². The third-order valence-corrected chi connectivity index (χ3v) is 3.90. The molecule has 1 aliphatic rings. The second-order valence-corrected chi connectivity index (χ2v) is 6.90. The zero-order valence-electron chi connectivity index (χ0n) is 12.2. The Morgan fingerprint density at radius 3 is 2.60 bits per heavy atom. The quantitative estimate of drug-likeness (QED) is 0.685. The van der Waals surface area contributed by atoms with Crippen molar-refractivity contribution >= 4 is 29.3 Å². The minimum Gasteiger partial charge on any atom is -0.444 e. The summed E-state index contributed by atoms with van der Waals surface area (Å²) in [5, 5.41) is 1.26. The van der Waals surface area contributed by atoms with E-state index in [-0.39, 0.29) is 12.1 Å². The zero-order chi connectivity index (χ0) is 15.1. The molecule has 0 spiro atoms. The lowest BCUT2D eigenvalue weighted by Crippen LogP contribution is -2.42. The second-order valence-electron chi connectivity index (χ2n) is 6.06. The SMILES string of the molecule is C[C@@H]1c2cc(Cl)cc(Cl)c2CCN1C(=O)OC(C)(C)C. The smallest absolute Gasteiger partial charge is 0.410 e. The number of hydrogen-bond donors (Lipinski definition) is 0. The number of carbonyl (C=O) groups is 1. The zero-order valence-corrected chi connectivity index (χ0v) is 13.7. The molecular weight excluding hydrogens is 297 g/mol. The van der Waals surface area contributed by atoms with E-state index in [0.717, 1.165) is 17.5 Å². The van der Waals surface area contributed by atoms with Crippen LogP contribution in [0.3, 0.4) is 0 Å². The van der Waals surface area contributed by atoms with Gasteiger partial charge in [0.25, 0.3) is 0 Å². The Morgan fingerprint density at radius 1 is 1.35 bits per heavy atom. The van der Waals surface area contributed by atoms with Gasteiger partial charge in [-0.05, 0) is 57.4 Å². The van der Waals surface area contributed by atoms with Crippen LogP contribution in [-0.2, 0) is 11.2 Å². The highest BCUT2D eigenvalue weighted by molar-refractivity contribution is 6.35. The third-order valence-electron chi connectivity index (χ3n) is 3.34. The summed E-state index contributed by atoms with van der Waals surface area (Å²) < 4.78 is 5.44. The molecule has 0 saturated heterocycles. The minimum absolute atomic E-state index is 0.0928. The van der Waals surface area contributed by atoms with Crippen molar-refractivity contribution in [1.29, 1.82) is 0 Å².